The molecule has 0 saturated carbocycles. The number of carbonyl (C=O) groups excluding carboxylic acids is 1. The number of aromatic nitrogens is 1. The van der Waals surface area contributed by atoms with Crippen molar-refractivity contribution in [2.24, 2.45) is 5.10 Å². The maximum atomic E-state index is 13.6. The van der Waals surface area contributed by atoms with Gasteiger partial charge in [-0.2, -0.15) is 5.10 Å². The van der Waals surface area contributed by atoms with Crippen molar-refractivity contribution < 1.29 is 9.53 Å². The van der Waals surface area contributed by atoms with Gasteiger partial charge >= 0.3 is 0 Å². The van der Waals surface area contributed by atoms with Crippen LogP contribution in [0.1, 0.15) is 38.2 Å². The molecule has 5 rings (SSSR count). The molecule has 1 atom stereocenters. The lowest BCUT2D eigenvalue weighted by atomic mass is 9.89. The van der Waals surface area contributed by atoms with Gasteiger partial charge in [0.25, 0.3) is 5.56 Å². The summed E-state index contributed by atoms with van der Waals surface area (Å²) in [7, 11) is 1.63. The van der Waals surface area contributed by atoms with Crippen LogP contribution in [0.5, 0.6) is 0 Å². The Morgan fingerprint density at radius 2 is 1.97 bits per heavy atom. The zero-order valence-electron chi connectivity index (χ0n) is 20.0. The number of carbonyl (C=O) groups is 1. The van der Waals surface area contributed by atoms with Crippen LogP contribution in [0.4, 0.5) is 0 Å². The molecule has 1 aliphatic heterocycles. The zero-order chi connectivity index (χ0) is 25.4. The Labute approximate surface area is 222 Å². The van der Waals surface area contributed by atoms with Crippen molar-refractivity contribution in [2.75, 3.05) is 7.11 Å². The average Bonchev–Trinajstić information content (AvgIpc) is 3.33. The standard InChI is InChI=1S/C28H25BrClN3O3/c1-3-25(34)33-23(18-9-5-7-11-24(18)36-2)15-22(32-33)27-26(17-8-4-6-10-20(17)30)19-14-16(29)12-13-21(19)31-28(27)35/h4,6,8-14,23H,3,5,7,15H2,1-2H3,(H,31,35)/t23-/m1/s1. The molecule has 0 spiro atoms. The second-order valence-electron chi connectivity index (χ2n) is 8.74. The highest BCUT2D eigenvalue weighted by atomic mass is 79.9. The van der Waals surface area contributed by atoms with E-state index in [9.17, 15) is 9.59 Å². The van der Waals surface area contributed by atoms with Gasteiger partial charge in [-0.05, 0) is 43.2 Å². The number of hydrazone groups is 1. The fourth-order valence-corrected chi connectivity index (χ4v) is 5.54. The van der Waals surface area contributed by atoms with E-state index in [1.54, 1.807) is 13.2 Å². The van der Waals surface area contributed by atoms with Crippen LogP contribution in [0.25, 0.3) is 22.0 Å². The van der Waals surface area contributed by atoms with E-state index in [2.05, 4.69) is 27.0 Å². The number of nitrogens with zero attached hydrogens (tertiary/aromatic N) is 2. The lowest BCUT2D eigenvalue weighted by Gasteiger charge is -2.26. The molecular weight excluding hydrogens is 542 g/mol. The summed E-state index contributed by atoms with van der Waals surface area (Å²) >= 11 is 10.2. The molecule has 2 aliphatic rings. The number of nitrogens with one attached hydrogen (secondary N) is 1. The number of H-pyrrole nitrogens is 1. The van der Waals surface area contributed by atoms with Crippen molar-refractivity contribution in [3.8, 4) is 11.1 Å². The Hall–Kier alpha value is -3.16. The van der Waals surface area contributed by atoms with Crippen LogP contribution in [0.3, 0.4) is 0 Å². The third-order valence-electron chi connectivity index (χ3n) is 6.60. The summed E-state index contributed by atoms with van der Waals surface area (Å²) in [4.78, 5) is 29.6. The fourth-order valence-electron chi connectivity index (χ4n) is 4.95. The number of ether oxygens (including phenoxy) is 1. The Bertz CT molecular complexity index is 1520. The number of rotatable bonds is 5. The predicted octanol–water partition coefficient (Wildman–Crippen LogP) is 6.58. The summed E-state index contributed by atoms with van der Waals surface area (Å²) in [6.07, 6.45) is 6.57. The van der Waals surface area contributed by atoms with Crippen LogP contribution in [0.15, 0.2) is 80.3 Å². The van der Waals surface area contributed by atoms with E-state index in [1.807, 2.05) is 49.4 Å². The molecule has 1 aromatic heterocycles. The summed E-state index contributed by atoms with van der Waals surface area (Å²) in [6.45, 7) is 1.81. The smallest absolute Gasteiger partial charge is 0.258 e. The van der Waals surface area contributed by atoms with Crippen molar-refractivity contribution in [1.82, 2.24) is 9.99 Å². The average molecular weight is 567 g/mol. The van der Waals surface area contributed by atoms with Crippen LogP contribution < -0.4 is 5.56 Å². The van der Waals surface area contributed by atoms with Gasteiger partial charge in [0.15, 0.2) is 0 Å². The number of hydrogen-bond acceptors (Lipinski definition) is 4. The van der Waals surface area contributed by atoms with Gasteiger partial charge in [0.05, 0.1) is 24.4 Å². The number of fused-ring (bicyclic) bond motifs is 1. The largest absolute Gasteiger partial charge is 0.497 e. The molecule has 2 aromatic carbocycles. The first-order valence-corrected chi connectivity index (χ1v) is 13.0. The van der Waals surface area contributed by atoms with Gasteiger partial charge in [-0.3, -0.25) is 9.59 Å². The number of hydrogen-bond donors (Lipinski definition) is 1. The zero-order valence-corrected chi connectivity index (χ0v) is 22.3. The summed E-state index contributed by atoms with van der Waals surface area (Å²) in [5.41, 5.74) is 3.73. The molecule has 6 nitrogen and oxygen atoms in total. The monoisotopic (exact) mass is 565 g/mol. The fraction of sp³-hybridized carbons (Fsp3) is 0.250. The molecule has 36 heavy (non-hydrogen) atoms. The number of methoxy groups -OCH3 is 1. The van der Waals surface area contributed by atoms with Crippen LogP contribution in [0.2, 0.25) is 5.02 Å². The summed E-state index contributed by atoms with van der Waals surface area (Å²) in [5.74, 6) is 0.635. The van der Waals surface area contributed by atoms with E-state index in [0.29, 0.717) is 40.2 Å². The molecule has 1 amide bonds. The molecule has 184 valence electrons. The highest BCUT2D eigenvalue weighted by Gasteiger charge is 2.37. The molecule has 0 bridgehead atoms. The Balaban J connectivity index is 1.75. The van der Waals surface area contributed by atoms with Crippen molar-refractivity contribution in [3.05, 3.63) is 91.4 Å². The van der Waals surface area contributed by atoms with E-state index >= 15 is 0 Å². The Morgan fingerprint density at radius 1 is 1.19 bits per heavy atom. The molecule has 2 heterocycles. The van der Waals surface area contributed by atoms with Crippen molar-refractivity contribution in [1.29, 1.82) is 0 Å². The SMILES string of the molecule is CCC(=O)N1N=C(c2c(-c3ccccc3Cl)c3cc(Br)ccc3[nH]c2=O)C[C@@H]1C1=CCCC=C1OC. The first-order valence-electron chi connectivity index (χ1n) is 11.9. The minimum atomic E-state index is -0.351. The molecule has 0 saturated heterocycles. The maximum Gasteiger partial charge on any atom is 0.258 e. The molecule has 3 aromatic rings. The van der Waals surface area contributed by atoms with Gasteiger partial charge in [-0.25, -0.2) is 5.01 Å². The van der Waals surface area contributed by atoms with Crippen molar-refractivity contribution >= 4 is 50.1 Å². The maximum absolute atomic E-state index is 13.6. The van der Waals surface area contributed by atoms with Gasteiger partial charge < -0.3 is 9.72 Å². The Morgan fingerprint density at radius 3 is 2.72 bits per heavy atom. The second-order valence-corrected chi connectivity index (χ2v) is 10.1. The van der Waals surface area contributed by atoms with Crippen LogP contribution >= 0.6 is 27.5 Å². The van der Waals surface area contributed by atoms with E-state index in [0.717, 1.165) is 39.6 Å². The summed E-state index contributed by atoms with van der Waals surface area (Å²) in [5, 5.41) is 7.64. The molecule has 8 heteroatoms. The van der Waals surface area contributed by atoms with Gasteiger partial charge in [-0.1, -0.05) is 58.7 Å². The topological polar surface area (TPSA) is 74.8 Å². The number of aromatic amines is 1. The number of pyridine rings is 1. The van der Waals surface area contributed by atoms with Crippen LogP contribution in [-0.2, 0) is 9.53 Å². The molecule has 1 aliphatic carbocycles. The predicted molar refractivity (Wildman–Crippen MR) is 147 cm³/mol. The normalized spacial score (nSPS) is 17.6. The Kier molecular flexibility index (Phi) is 6.86. The van der Waals surface area contributed by atoms with Crippen molar-refractivity contribution in [2.45, 2.75) is 38.6 Å². The quantitative estimate of drug-likeness (QED) is 0.379. The molecule has 1 N–H and O–H groups in total. The number of halogens is 2. The first kappa shape index (κ1) is 24.5. The van der Waals surface area contributed by atoms with Crippen LogP contribution in [0, 0.1) is 0 Å². The van der Waals surface area contributed by atoms with Crippen LogP contribution in [-0.4, -0.2) is 34.8 Å². The van der Waals surface area contributed by atoms with Gasteiger partial charge in [0.2, 0.25) is 5.91 Å². The van der Waals surface area contributed by atoms with E-state index in [1.165, 1.54) is 5.01 Å². The summed E-state index contributed by atoms with van der Waals surface area (Å²) < 4.78 is 6.51. The number of amides is 1. The lowest BCUT2D eigenvalue weighted by Crippen LogP contribution is -2.34. The van der Waals surface area contributed by atoms with E-state index < -0.39 is 0 Å². The summed E-state index contributed by atoms with van der Waals surface area (Å²) in [6, 6.07) is 12.8. The second kappa shape index (κ2) is 10.1. The first-order chi connectivity index (χ1) is 17.4. The van der Waals surface area contributed by atoms with Gasteiger partial charge in [0, 0.05) is 49.9 Å². The third kappa shape index (κ3) is 4.31. The molecule has 0 radical (unpaired) electrons. The minimum absolute atomic E-state index is 0.115. The van der Waals surface area contributed by atoms with Crippen molar-refractivity contribution in [3.63, 3.8) is 0 Å². The van der Waals surface area contributed by atoms with Gasteiger partial charge in [-0.15, -0.1) is 0 Å². The third-order valence-corrected chi connectivity index (χ3v) is 7.42. The van der Waals surface area contributed by atoms with Gasteiger partial charge in [0.1, 0.15) is 5.76 Å². The number of allylic oxidation sites excluding steroid dienone is 2. The lowest BCUT2D eigenvalue weighted by molar-refractivity contribution is -0.131. The highest BCUT2D eigenvalue weighted by Crippen LogP contribution is 2.39. The molecular formula is C28H25BrClN3O3. The highest BCUT2D eigenvalue weighted by molar-refractivity contribution is 9.10. The minimum Gasteiger partial charge on any atom is -0.497 e. The van der Waals surface area contributed by atoms with E-state index in [4.69, 9.17) is 21.4 Å². The van der Waals surface area contributed by atoms with E-state index in [-0.39, 0.29) is 17.5 Å². The number of benzene rings is 2. The molecule has 0 unspecified atom stereocenters. The molecule has 0 fully saturated rings.